The van der Waals surface area contributed by atoms with Crippen molar-refractivity contribution in [3.8, 4) is 11.3 Å². The van der Waals surface area contributed by atoms with E-state index in [1.54, 1.807) is 24.9 Å². The molecule has 1 heterocycles. The number of hydrogen-bond acceptors (Lipinski definition) is 3. The summed E-state index contributed by atoms with van der Waals surface area (Å²) in [6.45, 7) is 0.525. The number of benzene rings is 1. The Kier molecular flexibility index (Phi) is 3.43. The van der Waals surface area contributed by atoms with Gasteiger partial charge in [0.05, 0.1) is 12.3 Å². The molecule has 1 aromatic carbocycles. The molecule has 0 saturated heterocycles. The predicted molar refractivity (Wildman–Crippen MR) is 66.3 cm³/mol. The maximum Gasteiger partial charge on any atom is 0.356 e. The maximum atomic E-state index is 10.9. The lowest BCUT2D eigenvalue weighted by Crippen LogP contribution is -1.99. The Morgan fingerprint density at radius 2 is 2.22 bits per heavy atom. The van der Waals surface area contributed by atoms with E-state index in [4.69, 9.17) is 9.84 Å². The summed E-state index contributed by atoms with van der Waals surface area (Å²) in [7, 11) is 3.37. The second kappa shape index (κ2) is 5.01. The van der Waals surface area contributed by atoms with Crippen molar-refractivity contribution in [1.82, 2.24) is 9.78 Å². The number of carboxylic acid groups (broad SMARTS) is 1. The molecule has 0 unspecified atom stereocenters. The van der Waals surface area contributed by atoms with Crippen molar-refractivity contribution in [3.05, 3.63) is 41.6 Å². The van der Waals surface area contributed by atoms with Gasteiger partial charge in [0, 0.05) is 19.7 Å². The number of carboxylic acids is 1. The molecule has 2 rings (SSSR count). The molecule has 2 aromatic rings. The maximum absolute atomic E-state index is 10.9. The molecule has 5 nitrogen and oxygen atoms in total. The molecule has 0 atom stereocenters. The van der Waals surface area contributed by atoms with Gasteiger partial charge >= 0.3 is 5.97 Å². The van der Waals surface area contributed by atoms with Gasteiger partial charge in [-0.25, -0.2) is 4.79 Å². The van der Waals surface area contributed by atoms with Crippen LogP contribution < -0.4 is 0 Å². The van der Waals surface area contributed by atoms with Crippen LogP contribution in [0.15, 0.2) is 30.3 Å². The number of nitrogens with zero attached hydrogens (tertiary/aromatic N) is 2. The number of aryl methyl sites for hydroxylation is 1. The van der Waals surface area contributed by atoms with Crippen LogP contribution in [0.3, 0.4) is 0 Å². The number of aromatic nitrogens is 2. The summed E-state index contributed by atoms with van der Waals surface area (Å²) >= 11 is 0. The van der Waals surface area contributed by atoms with Crippen LogP contribution in [-0.4, -0.2) is 28.0 Å². The van der Waals surface area contributed by atoms with Crippen LogP contribution in [0.5, 0.6) is 0 Å². The number of ether oxygens (including phenoxy) is 1. The third-order valence-corrected chi connectivity index (χ3v) is 2.63. The molecule has 0 amide bonds. The number of rotatable bonds is 4. The zero-order valence-electron chi connectivity index (χ0n) is 10.3. The van der Waals surface area contributed by atoms with Crippen LogP contribution >= 0.6 is 0 Å². The van der Waals surface area contributed by atoms with Gasteiger partial charge in [-0.3, -0.25) is 4.68 Å². The molecule has 0 bridgehead atoms. The van der Waals surface area contributed by atoms with E-state index >= 15 is 0 Å². The van der Waals surface area contributed by atoms with Crippen molar-refractivity contribution in [1.29, 1.82) is 0 Å². The third-order valence-electron chi connectivity index (χ3n) is 2.63. The quantitative estimate of drug-likeness (QED) is 0.895. The second-order valence-electron chi connectivity index (χ2n) is 3.98. The van der Waals surface area contributed by atoms with E-state index < -0.39 is 5.97 Å². The zero-order chi connectivity index (χ0) is 13.1. The highest BCUT2D eigenvalue weighted by Gasteiger charge is 2.12. The minimum atomic E-state index is -1.02. The summed E-state index contributed by atoms with van der Waals surface area (Å²) in [6, 6.07) is 9.32. The summed E-state index contributed by atoms with van der Waals surface area (Å²) in [4.78, 5) is 10.9. The van der Waals surface area contributed by atoms with Gasteiger partial charge in [-0.1, -0.05) is 18.2 Å². The first-order chi connectivity index (χ1) is 8.61. The average Bonchev–Trinajstić information content (AvgIpc) is 2.72. The summed E-state index contributed by atoms with van der Waals surface area (Å²) < 4.78 is 6.64. The molecule has 5 heteroatoms. The lowest BCUT2D eigenvalue weighted by atomic mass is 10.1. The SMILES string of the molecule is COCc1cccc(-c2cc(C(=O)O)nn2C)c1. The van der Waals surface area contributed by atoms with Crippen molar-refractivity contribution < 1.29 is 14.6 Å². The minimum absolute atomic E-state index is 0.0460. The lowest BCUT2D eigenvalue weighted by Gasteiger charge is -2.04. The summed E-state index contributed by atoms with van der Waals surface area (Å²) in [6.07, 6.45) is 0. The van der Waals surface area contributed by atoms with Gasteiger partial charge in [-0.05, 0) is 17.7 Å². The van der Waals surface area contributed by atoms with E-state index in [9.17, 15) is 4.79 Å². The summed E-state index contributed by atoms with van der Waals surface area (Å²) in [5.41, 5.74) is 2.77. The standard InChI is InChI=1S/C13H14N2O3/c1-15-12(7-11(14-15)13(16)17)10-5-3-4-9(6-10)8-18-2/h3-7H,8H2,1-2H3,(H,16,17). The molecule has 0 aliphatic carbocycles. The minimum Gasteiger partial charge on any atom is -0.476 e. The van der Waals surface area contributed by atoms with Crippen LogP contribution in [0.4, 0.5) is 0 Å². The Labute approximate surface area is 105 Å². The Morgan fingerprint density at radius 3 is 2.83 bits per heavy atom. The van der Waals surface area contributed by atoms with Crippen molar-refractivity contribution in [2.45, 2.75) is 6.61 Å². The topological polar surface area (TPSA) is 64.3 Å². The molecule has 1 aromatic heterocycles. The van der Waals surface area contributed by atoms with E-state index in [-0.39, 0.29) is 5.69 Å². The number of aromatic carboxylic acids is 1. The van der Waals surface area contributed by atoms with E-state index in [1.807, 2.05) is 24.3 Å². The number of carbonyl (C=O) groups is 1. The zero-order valence-corrected chi connectivity index (χ0v) is 10.3. The van der Waals surface area contributed by atoms with Gasteiger partial charge in [0.25, 0.3) is 0 Å². The Hall–Kier alpha value is -2.14. The predicted octanol–water partition coefficient (Wildman–Crippen LogP) is 1.93. The molecule has 0 saturated carbocycles. The Bertz CT molecular complexity index is 575. The van der Waals surface area contributed by atoms with Crippen molar-refractivity contribution >= 4 is 5.97 Å². The fourth-order valence-electron chi connectivity index (χ4n) is 1.83. The van der Waals surface area contributed by atoms with Crippen LogP contribution in [0.2, 0.25) is 0 Å². The van der Waals surface area contributed by atoms with Gasteiger partial charge in [0.15, 0.2) is 5.69 Å². The number of hydrogen-bond donors (Lipinski definition) is 1. The highest BCUT2D eigenvalue weighted by Crippen LogP contribution is 2.21. The summed E-state index contributed by atoms with van der Waals surface area (Å²) in [5.74, 6) is -1.02. The largest absolute Gasteiger partial charge is 0.476 e. The molecular formula is C13H14N2O3. The first kappa shape index (κ1) is 12.3. The normalized spacial score (nSPS) is 10.6. The van der Waals surface area contributed by atoms with Crippen molar-refractivity contribution in [3.63, 3.8) is 0 Å². The first-order valence-electron chi connectivity index (χ1n) is 5.47. The Balaban J connectivity index is 2.41. The molecule has 0 spiro atoms. The van der Waals surface area contributed by atoms with Crippen LogP contribution in [-0.2, 0) is 18.4 Å². The molecule has 18 heavy (non-hydrogen) atoms. The Morgan fingerprint density at radius 1 is 1.44 bits per heavy atom. The van der Waals surface area contributed by atoms with Gasteiger partial charge in [0.1, 0.15) is 0 Å². The van der Waals surface area contributed by atoms with Crippen LogP contribution in [0.25, 0.3) is 11.3 Å². The van der Waals surface area contributed by atoms with E-state index in [1.165, 1.54) is 0 Å². The van der Waals surface area contributed by atoms with Gasteiger partial charge in [0.2, 0.25) is 0 Å². The smallest absolute Gasteiger partial charge is 0.356 e. The number of methoxy groups -OCH3 is 1. The fraction of sp³-hybridized carbons (Fsp3) is 0.231. The molecule has 0 aliphatic rings. The molecule has 94 valence electrons. The highest BCUT2D eigenvalue weighted by atomic mass is 16.5. The summed E-state index contributed by atoms with van der Waals surface area (Å²) in [5, 5.41) is 12.9. The van der Waals surface area contributed by atoms with Crippen LogP contribution in [0, 0.1) is 0 Å². The van der Waals surface area contributed by atoms with Crippen molar-refractivity contribution in [2.75, 3.05) is 7.11 Å². The average molecular weight is 246 g/mol. The van der Waals surface area contributed by atoms with Gasteiger partial charge in [-0.2, -0.15) is 5.10 Å². The van der Waals surface area contributed by atoms with E-state index in [0.717, 1.165) is 16.8 Å². The molecular weight excluding hydrogens is 232 g/mol. The highest BCUT2D eigenvalue weighted by molar-refractivity contribution is 5.87. The van der Waals surface area contributed by atoms with Crippen LogP contribution in [0.1, 0.15) is 16.1 Å². The molecule has 1 N–H and O–H groups in total. The first-order valence-corrected chi connectivity index (χ1v) is 5.47. The molecule has 0 aliphatic heterocycles. The van der Waals surface area contributed by atoms with Crippen molar-refractivity contribution in [2.24, 2.45) is 7.05 Å². The van der Waals surface area contributed by atoms with Gasteiger partial charge in [-0.15, -0.1) is 0 Å². The molecule has 0 radical (unpaired) electrons. The lowest BCUT2D eigenvalue weighted by molar-refractivity contribution is 0.0689. The van der Waals surface area contributed by atoms with Gasteiger partial charge < -0.3 is 9.84 Å². The molecule has 0 fully saturated rings. The fourth-order valence-corrected chi connectivity index (χ4v) is 1.83. The van der Waals surface area contributed by atoms with E-state index in [0.29, 0.717) is 6.61 Å². The second-order valence-corrected chi connectivity index (χ2v) is 3.98. The van der Waals surface area contributed by atoms with E-state index in [2.05, 4.69) is 5.10 Å². The third kappa shape index (κ3) is 2.41. The monoisotopic (exact) mass is 246 g/mol.